The molecule has 0 unspecified atom stereocenters. The third kappa shape index (κ3) is 5.18. The Morgan fingerprint density at radius 2 is 2.06 bits per heavy atom. The van der Waals surface area contributed by atoms with E-state index < -0.39 is 11.8 Å². The molecule has 0 saturated carbocycles. The van der Waals surface area contributed by atoms with E-state index in [1.165, 1.54) is 0 Å². The smallest absolute Gasteiger partial charge is 0.258 e. The monoisotopic (exact) mass is 364 g/mol. The third-order valence-corrected chi connectivity index (χ3v) is 2.83. The minimum atomic E-state index is -0.594. The van der Waals surface area contributed by atoms with Crippen molar-refractivity contribution in [2.24, 2.45) is 5.73 Å². The number of primary amides is 1. The number of benzene rings is 1. The molecule has 1 rings (SSSR count). The highest BCUT2D eigenvalue weighted by molar-refractivity contribution is 9.11. The Hall–Kier alpha value is -1.08. The van der Waals surface area contributed by atoms with Gasteiger partial charge in [0.1, 0.15) is 5.75 Å². The van der Waals surface area contributed by atoms with Crippen LogP contribution in [0, 0.1) is 0 Å². The summed E-state index contributed by atoms with van der Waals surface area (Å²) >= 11 is 6.60. The molecule has 2 amide bonds. The highest BCUT2D eigenvalue weighted by atomic mass is 79.9. The van der Waals surface area contributed by atoms with Crippen LogP contribution in [0.4, 0.5) is 0 Å². The average Bonchev–Trinajstić information content (AvgIpc) is 2.25. The lowest BCUT2D eigenvalue weighted by Gasteiger charge is -2.08. The van der Waals surface area contributed by atoms with Crippen LogP contribution in [0.1, 0.15) is 0 Å². The lowest BCUT2D eigenvalue weighted by atomic mass is 10.3. The van der Waals surface area contributed by atoms with E-state index in [0.29, 0.717) is 5.75 Å². The fourth-order valence-corrected chi connectivity index (χ4v) is 2.13. The molecule has 1 aromatic carbocycles. The first-order valence-corrected chi connectivity index (χ1v) is 6.20. The van der Waals surface area contributed by atoms with Crippen molar-refractivity contribution in [2.45, 2.75) is 0 Å². The summed E-state index contributed by atoms with van der Waals surface area (Å²) in [7, 11) is 0. The Morgan fingerprint density at radius 3 is 2.65 bits per heavy atom. The second-order valence-electron chi connectivity index (χ2n) is 3.11. The minimum Gasteiger partial charge on any atom is -0.483 e. The summed E-state index contributed by atoms with van der Waals surface area (Å²) < 4.78 is 6.88. The van der Waals surface area contributed by atoms with Crippen LogP contribution in [0.3, 0.4) is 0 Å². The van der Waals surface area contributed by atoms with Gasteiger partial charge in [-0.1, -0.05) is 15.9 Å². The van der Waals surface area contributed by atoms with E-state index >= 15 is 0 Å². The standard InChI is InChI=1S/C10H10Br2N2O3/c11-6-1-2-8(7(12)3-6)17-5-10(16)14-4-9(13)15/h1-3H,4-5H2,(H2,13,15)(H,14,16). The van der Waals surface area contributed by atoms with Crippen LogP contribution in [0.25, 0.3) is 0 Å². The number of nitrogens with one attached hydrogen (secondary N) is 1. The lowest BCUT2D eigenvalue weighted by molar-refractivity contribution is -0.126. The van der Waals surface area contributed by atoms with Crippen LogP contribution in [-0.2, 0) is 9.59 Å². The van der Waals surface area contributed by atoms with Crippen molar-refractivity contribution in [1.29, 1.82) is 0 Å². The maximum Gasteiger partial charge on any atom is 0.258 e. The zero-order valence-corrected chi connectivity index (χ0v) is 11.9. The van der Waals surface area contributed by atoms with Crippen LogP contribution in [0.5, 0.6) is 5.75 Å². The van der Waals surface area contributed by atoms with E-state index in [0.717, 1.165) is 8.95 Å². The van der Waals surface area contributed by atoms with Gasteiger partial charge >= 0.3 is 0 Å². The second-order valence-corrected chi connectivity index (χ2v) is 4.88. The van der Waals surface area contributed by atoms with Gasteiger partial charge in [-0.15, -0.1) is 0 Å². The number of carbonyl (C=O) groups is 2. The minimum absolute atomic E-state index is 0.173. The fourth-order valence-electron chi connectivity index (χ4n) is 0.972. The summed E-state index contributed by atoms with van der Waals surface area (Å²) in [6.45, 7) is -0.364. The lowest BCUT2D eigenvalue weighted by Crippen LogP contribution is -2.36. The molecule has 1 aromatic rings. The van der Waals surface area contributed by atoms with Crippen LogP contribution in [0.15, 0.2) is 27.1 Å². The van der Waals surface area contributed by atoms with E-state index in [9.17, 15) is 9.59 Å². The van der Waals surface area contributed by atoms with Crippen LogP contribution < -0.4 is 15.8 Å². The molecule has 17 heavy (non-hydrogen) atoms. The van der Waals surface area contributed by atoms with Gasteiger partial charge in [0.25, 0.3) is 5.91 Å². The van der Waals surface area contributed by atoms with E-state index in [-0.39, 0.29) is 13.2 Å². The molecular weight excluding hydrogens is 356 g/mol. The number of rotatable bonds is 5. The molecule has 0 heterocycles. The van der Waals surface area contributed by atoms with Gasteiger partial charge in [-0.2, -0.15) is 0 Å². The zero-order valence-electron chi connectivity index (χ0n) is 8.70. The number of hydrogen-bond acceptors (Lipinski definition) is 3. The van der Waals surface area contributed by atoms with Gasteiger partial charge in [-0.05, 0) is 34.1 Å². The van der Waals surface area contributed by atoms with Gasteiger partial charge in [-0.25, -0.2) is 0 Å². The number of halogens is 2. The molecule has 3 N–H and O–H groups in total. The largest absolute Gasteiger partial charge is 0.483 e. The maximum absolute atomic E-state index is 11.2. The van der Waals surface area contributed by atoms with E-state index in [2.05, 4.69) is 37.2 Å². The van der Waals surface area contributed by atoms with Crippen molar-refractivity contribution in [1.82, 2.24) is 5.32 Å². The molecular formula is C10H10Br2N2O3. The third-order valence-electron chi connectivity index (χ3n) is 1.71. The van der Waals surface area contributed by atoms with Crippen molar-refractivity contribution < 1.29 is 14.3 Å². The van der Waals surface area contributed by atoms with Crippen molar-refractivity contribution in [3.8, 4) is 5.75 Å². The maximum atomic E-state index is 11.2. The Labute approximate surface area is 115 Å². The van der Waals surface area contributed by atoms with Crippen molar-refractivity contribution >= 4 is 43.7 Å². The molecule has 92 valence electrons. The molecule has 0 fully saturated rings. The Bertz CT molecular complexity index is 438. The topological polar surface area (TPSA) is 81.4 Å². The predicted octanol–water partition coefficient (Wildman–Crippen LogP) is 1.19. The van der Waals surface area contributed by atoms with E-state index in [1.807, 2.05) is 0 Å². The van der Waals surface area contributed by atoms with Crippen LogP contribution in [0.2, 0.25) is 0 Å². The summed E-state index contributed by atoms with van der Waals surface area (Å²) in [5.74, 6) is -0.454. The Kier molecular flexibility index (Phi) is 5.43. The predicted molar refractivity (Wildman–Crippen MR) is 69.5 cm³/mol. The molecule has 0 aliphatic heterocycles. The fraction of sp³-hybridized carbons (Fsp3) is 0.200. The summed E-state index contributed by atoms with van der Waals surface area (Å²) in [4.78, 5) is 21.7. The molecule has 0 aromatic heterocycles. The SMILES string of the molecule is NC(=O)CNC(=O)COc1ccc(Br)cc1Br. The molecule has 0 radical (unpaired) electrons. The first kappa shape index (κ1) is 14.0. The molecule has 0 bridgehead atoms. The number of nitrogens with two attached hydrogens (primary N) is 1. The van der Waals surface area contributed by atoms with Gasteiger partial charge in [0.2, 0.25) is 5.91 Å². The highest BCUT2D eigenvalue weighted by Crippen LogP contribution is 2.27. The molecule has 0 saturated heterocycles. The number of amides is 2. The van der Waals surface area contributed by atoms with Crippen molar-refractivity contribution in [3.63, 3.8) is 0 Å². The first-order chi connectivity index (χ1) is 7.99. The van der Waals surface area contributed by atoms with E-state index in [1.54, 1.807) is 18.2 Å². The Morgan fingerprint density at radius 1 is 1.35 bits per heavy atom. The summed E-state index contributed by atoms with van der Waals surface area (Å²) in [6, 6.07) is 5.31. The number of ether oxygens (including phenoxy) is 1. The summed E-state index contributed by atoms with van der Waals surface area (Å²) in [5, 5.41) is 2.32. The quantitative estimate of drug-likeness (QED) is 0.822. The molecule has 5 nitrogen and oxygen atoms in total. The van der Waals surface area contributed by atoms with Crippen LogP contribution in [-0.4, -0.2) is 25.0 Å². The van der Waals surface area contributed by atoms with Gasteiger partial charge in [0.15, 0.2) is 6.61 Å². The molecule has 0 aliphatic rings. The molecule has 7 heteroatoms. The summed E-state index contributed by atoms with van der Waals surface area (Å²) in [6.07, 6.45) is 0. The first-order valence-electron chi connectivity index (χ1n) is 4.62. The average molecular weight is 366 g/mol. The van der Waals surface area contributed by atoms with Crippen molar-refractivity contribution in [3.05, 3.63) is 27.1 Å². The van der Waals surface area contributed by atoms with Gasteiger partial charge in [0.05, 0.1) is 11.0 Å². The Balaban J connectivity index is 2.44. The molecule has 0 spiro atoms. The van der Waals surface area contributed by atoms with Crippen molar-refractivity contribution in [2.75, 3.05) is 13.2 Å². The number of hydrogen-bond donors (Lipinski definition) is 2. The van der Waals surface area contributed by atoms with E-state index in [4.69, 9.17) is 10.5 Å². The van der Waals surface area contributed by atoms with Gasteiger partial charge < -0.3 is 15.8 Å². The number of carbonyl (C=O) groups excluding carboxylic acids is 2. The zero-order chi connectivity index (χ0) is 12.8. The highest BCUT2D eigenvalue weighted by Gasteiger charge is 2.06. The second kappa shape index (κ2) is 6.61. The molecule has 0 atom stereocenters. The van der Waals surface area contributed by atoms with Gasteiger partial charge in [0, 0.05) is 4.47 Å². The van der Waals surface area contributed by atoms with Gasteiger partial charge in [-0.3, -0.25) is 9.59 Å². The van der Waals surface area contributed by atoms with Crippen LogP contribution >= 0.6 is 31.9 Å². The normalized spacial score (nSPS) is 9.76. The summed E-state index contributed by atoms with van der Waals surface area (Å²) in [5.41, 5.74) is 4.88. The molecule has 0 aliphatic carbocycles.